The second-order valence-corrected chi connectivity index (χ2v) is 12.2. The Bertz CT molecular complexity index is 1520. The third-order valence-corrected chi connectivity index (χ3v) is 9.12. The second kappa shape index (κ2) is 11.2. The molecule has 2 aliphatic carbocycles. The van der Waals surface area contributed by atoms with Crippen LogP contribution in [0.4, 0.5) is 0 Å². The fourth-order valence-corrected chi connectivity index (χ4v) is 7.06. The first kappa shape index (κ1) is 30.9. The van der Waals surface area contributed by atoms with E-state index in [0.29, 0.717) is 0 Å². The van der Waals surface area contributed by atoms with Crippen molar-refractivity contribution in [1.29, 1.82) is 0 Å². The number of carbonyl (C=O) groups is 4. The molecule has 1 heterocycles. The summed E-state index contributed by atoms with van der Waals surface area (Å²) < 4.78 is 23.1. The van der Waals surface area contributed by atoms with Crippen molar-refractivity contribution in [2.75, 3.05) is 0 Å². The quantitative estimate of drug-likeness (QED) is 0.177. The largest absolute Gasteiger partial charge is 0.507 e. The number of ether oxygens (including phenoxy) is 4. The summed E-state index contributed by atoms with van der Waals surface area (Å²) in [6.07, 6.45) is -5.10. The average molecular weight is 663 g/mol. The Morgan fingerprint density at radius 2 is 1.63 bits per heavy atom. The Kier molecular flexibility index (Phi) is 8.05. The molecule has 0 aromatic heterocycles. The lowest BCUT2D eigenvalue weighted by atomic mass is 9.70. The van der Waals surface area contributed by atoms with Crippen molar-refractivity contribution < 1.29 is 58.6 Å². The first-order valence-corrected chi connectivity index (χ1v) is 14.7. The third kappa shape index (κ3) is 5.07. The predicted molar refractivity (Wildman–Crippen MR) is 150 cm³/mol. The number of phenolic OH excluding ortho intramolecular Hbond substituents is 3. The van der Waals surface area contributed by atoms with Crippen molar-refractivity contribution in [3.05, 3.63) is 51.6 Å². The number of aromatic hydroxyl groups is 3. The van der Waals surface area contributed by atoms with Crippen molar-refractivity contribution in [2.24, 2.45) is 0 Å². The van der Waals surface area contributed by atoms with Crippen LogP contribution in [0.3, 0.4) is 0 Å². The van der Waals surface area contributed by atoms with Crippen LogP contribution in [0.1, 0.15) is 102 Å². The minimum atomic E-state index is -1.84. The van der Waals surface area contributed by atoms with Gasteiger partial charge in [0.2, 0.25) is 5.78 Å². The highest BCUT2D eigenvalue weighted by atomic mass is 79.9. The Morgan fingerprint density at radius 1 is 1.00 bits per heavy atom. The molecule has 0 unspecified atom stereocenters. The molecule has 1 aliphatic heterocycles. The smallest absolute Gasteiger partial charge is 0.303 e. The van der Waals surface area contributed by atoms with Gasteiger partial charge in [0, 0.05) is 43.4 Å². The molecule has 43 heavy (non-hydrogen) atoms. The van der Waals surface area contributed by atoms with E-state index in [9.17, 15) is 39.6 Å². The maximum atomic E-state index is 13.7. The van der Waals surface area contributed by atoms with E-state index >= 15 is 0 Å². The van der Waals surface area contributed by atoms with Gasteiger partial charge in [0.25, 0.3) is 0 Å². The number of esters is 2. The van der Waals surface area contributed by atoms with Crippen LogP contribution in [0.2, 0.25) is 0 Å². The van der Waals surface area contributed by atoms with Gasteiger partial charge in [-0.25, -0.2) is 0 Å². The molecule has 1 saturated heterocycles. The van der Waals surface area contributed by atoms with Gasteiger partial charge in [-0.05, 0) is 19.4 Å². The van der Waals surface area contributed by atoms with Crippen LogP contribution in [0.25, 0.3) is 0 Å². The summed E-state index contributed by atoms with van der Waals surface area (Å²) in [4.78, 5) is 50.6. The molecule has 7 atom stereocenters. The molecule has 230 valence electrons. The van der Waals surface area contributed by atoms with Gasteiger partial charge in [0.1, 0.15) is 29.0 Å². The number of halogens is 1. The SMILES string of the molecule is CC[C@@]1(O)C[C@H](O[C@H]2C[C@H](Br)[C@@H](OC(C)=O)[C@H](C)O2)c2c(O)c3c(c(O)c2[C@H]1OC(C)=O)C(=O)c1cccc(O)c1C3=O. The minimum absolute atomic E-state index is 0.00262. The van der Waals surface area contributed by atoms with E-state index in [2.05, 4.69) is 15.9 Å². The Hall–Kier alpha value is -3.52. The minimum Gasteiger partial charge on any atom is -0.507 e. The van der Waals surface area contributed by atoms with Gasteiger partial charge < -0.3 is 39.4 Å². The molecule has 0 bridgehead atoms. The first-order chi connectivity index (χ1) is 20.2. The number of carbonyl (C=O) groups excluding carboxylic acids is 4. The zero-order chi connectivity index (χ0) is 31.5. The first-order valence-electron chi connectivity index (χ1n) is 13.7. The molecule has 3 aliphatic rings. The Balaban J connectivity index is 1.67. The molecular formula is C30H31BrO12. The molecular weight excluding hydrogens is 632 g/mol. The number of benzene rings is 2. The van der Waals surface area contributed by atoms with Crippen LogP contribution in [0.5, 0.6) is 17.2 Å². The summed E-state index contributed by atoms with van der Waals surface area (Å²) in [5, 5.41) is 45.5. The van der Waals surface area contributed by atoms with Crippen molar-refractivity contribution in [3.63, 3.8) is 0 Å². The molecule has 5 rings (SSSR count). The summed E-state index contributed by atoms with van der Waals surface area (Å²) in [5.74, 6) is -5.06. The molecule has 0 amide bonds. The lowest BCUT2D eigenvalue weighted by molar-refractivity contribution is -0.250. The summed E-state index contributed by atoms with van der Waals surface area (Å²) >= 11 is 3.51. The Labute approximate surface area is 254 Å². The predicted octanol–water partition coefficient (Wildman–Crippen LogP) is 3.62. The van der Waals surface area contributed by atoms with E-state index in [0.717, 1.165) is 6.92 Å². The summed E-state index contributed by atoms with van der Waals surface area (Å²) in [6, 6.07) is 3.87. The van der Waals surface area contributed by atoms with Gasteiger partial charge in [-0.3, -0.25) is 19.2 Å². The lowest BCUT2D eigenvalue weighted by Crippen LogP contribution is -2.49. The fourth-order valence-electron chi connectivity index (χ4n) is 6.22. The van der Waals surface area contributed by atoms with Gasteiger partial charge in [0.15, 0.2) is 18.2 Å². The molecule has 0 saturated carbocycles. The molecule has 2 aromatic carbocycles. The van der Waals surface area contributed by atoms with Gasteiger partial charge in [-0.15, -0.1) is 0 Å². The highest BCUT2D eigenvalue weighted by Crippen LogP contribution is 2.57. The van der Waals surface area contributed by atoms with Gasteiger partial charge >= 0.3 is 11.9 Å². The van der Waals surface area contributed by atoms with Crippen molar-refractivity contribution in [1.82, 2.24) is 0 Å². The topological polar surface area (TPSA) is 186 Å². The van der Waals surface area contributed by atoms with E-state index < -0.39 is 93.0 Å². The number of phenols is 3. The third-order valence-electron chi connectivity index (χ3n) is 8.22. The van der Waals surface area contributed by atoms with Crippen molar-refractivity contribution >= 4 is 39.4 Å². The van der Waals surface area contributed by atoms with Gasteiger partial charge in [0.05, 0.1) is 33.7 Å². The zero-order valence-corrected chi connectivity index (χ0v) is 25.3. The van der Waals surface area contributed by atoms with Crippen molar-refractivity contribution in [3.8, 4) is 17.2 Å². The lowest BCUT2D eigenvalue weighted by Gasteiger charge is -2.46. The molecule has 4 N–H and O–H groups in total. The number of ketones is 2. The molecule has 2 aromatic rings. The van der Waals surface area contributed by atoms with Crippen molar-refractivity contribution in [2.45, 2.75) is 88.1 Å². The number of fused-ring (bicyclic) bond motifs is 3. The van der Waals surface area contributed by atoms with E-state index in [1.54, 1.807) is 13.8 Å². The second-order valence-electron chi connectivity index (χ2n) is 11.0. The van der Waals surface area contributed by atoms with Crippen LogP contribution >= 0.6 is 15.9 Å². The average Bonchev–Trinajstić information content (AvgIpc) is 2.92. The maximum Gasteiger partial charge on any atom is 0.303 e. The van der Waals surface area contributed by atoms with Crippen LogP contribution in [-0.2, 0) is 28.5 Å². The number of hydrogen-bond donors (Lipinski definition) is 4. The summed E-state index contributed by atoms with van der Waals surface area (Å²) in [6.45, 7) is 5.69. The van der Waals surface area contributed by atoms with E-state index in [-0.39, 0.29) is 41.5 Å². The van der Waals surface area contributed by atoms with Crippen LogP contribution in [0, 0.1) is 0 Å². The number of hydrogen-bond acceptors (Lipinski definition) is 12. The van der Waals surface area contributed by atoms with Crippen LogP contribution in [-0.4, -0.2) is 72.9 Å². The van der Waals surface area contributed by atoms with Crippen LogP contribution in [0.15, 0.2) is 18.2 Å². The number of rotatable bonds is 5. The maximum absolute atomic E-state index is 13.7. The molecule has 1 fully saturated rings. The molecule has 12 nitrogen and oxygen atoms in total. The van der Waals surface area contributed by atoms with E-state index in [4.69, 9.17) is 18.9 Å². The normalized spacial score (nSPS) is 29.7. The molecule has 0 spiro atoms. The standard InChI is InChI=1S/C30H31BrO12/c1-5-30(39)10-17(43-18-9-15(31)28(11(2)40-18)41-12(3)32)20-23(29(30)42-13(4)33)27(38)21-22(26(20)37)25(36)19-14(24(21)35)7-6-8-16(19)34/h6-8,11,15,17-18,28-29,34,37-39H,5,9-10H2,1-4H3/t11-,15-,17-,18-,28-,29+,30+/m0/s1. The molecule has 13 heteroatoms. The number of alkyl halides is 1. The van der Waals surface area contributed by atoms with E-state index in [1.165, 1.54) is 25.1 Å². The highest BCUT2D eigenvalue weighted by molar-refractivity contribution is 9.09. The summed E-state index contributed by atoms with van der Waals surface area (Å²) in [7, 11) is 0. The fraction of sp³-hybridized carbons (Fsp3) is 0.467. The van der Waals surface area contributed by atoms with Crippen LogP contribution < -0.4 is 0 Å². The monoisotopic (exact) mass is 662 g/mol. The summed E-state index contributed by atoms with van der Waals surface area (Å²) in [5.41, 5.74) is -3.94. The zero-order valence-electron chi connectivity index (χ0n) is 23.8. The Morgan fingerprint density at radius 3 is 2.23 bits per heavy atom. The number of aliphatic hydroxyl groups is 1. The molecule has 0 radical (unpaired) electrons. The van der Waals surface area contributed by atoms with Gasteiger partial charge in [-0.1, -0.05) is 35.0 Å². The van der Waals surface area contributed by atoms with Gasteiger partial charge in [-0.2, -0.15) is 0 Å². The highest BCUT2D eigenvalue weighted by Gasteiger charge is 2.53. The van der Waals surface area contributed by atoms with E-state index in [1.807, 2.05) is 0 Å².